The van der Waals surface area contributed by atoms with Gasteiger partial charge in [-0.1, -0.05) is 18.3 Å². The molecule has 0 aliphatic carbocycles. The molecule has 0 saturated carbocycles. The Balaban J connectivity index is 2.49. The summed E-state index contributed by atoms with van der Waals surface area (Å²) in [6.45, 7) is 5.32. The summed E-state index contributed by atoms with van der Waals surface area (Å²) in [5, 5.41) is 6.82. The van der Waals surface area contributed by atoms with Crippen molar-refractivity contribution in [3.8, 4) is 0 Å². The fraction of sp³-hybridized carbons (Fsp3) is 0.700. The van der Waals surface area contributed by atoms with E-state index in [2.05, 4.69) is 14.9 Å². The monoisotopic (exact) mass is 242 g/mol. The molecule has 1 rings (SSSR count). The lowest BCUT2D eigenvalue weighted by Gasteiger charge is -2.05. The van der Waals surface area contributed by atoms with Crippen LogP contribution in [-0.2, 0) is 0 Å². The van der Waals surface area contributed by atoms with Crippen LogP contribution in [0.1, 0.15) is 48.0 Å². The molecule has 0 radical (unpaired) electrons. The van der Waals surface area contributed by atoms with E-state index in [-0.39, 0.29) is 11.8 Å². The Labute approximate surface area is 99.6 Å². The van der Waals surface area contributed by atoms with Crippen molar-refractivity contribution in [2.45, 2.75) is 32.6 Å². The zero-order chi connectivity index (χ0) is 12.0. The average molecular weight is 242 g/mol. The maximum Gasteiger partial charge on any atom is 0.264 e. The van der Waals surface area contributed by atoms with Gasteiger partial charge in [0.1, 0.15) is 4.88 Å². The summed E-state index contributed by atoms with van der Waals surface area (Å²) in [7, 11) is 0. The molecule has 3 N–H and O–H groups in total. The maximum absolute atomic E-state index is 11.8. The van der Waals surface area contributed by atoms with Crippen LogP contribution < -0.4 is 11.1 Å². The number of nitrogens with zero attached hydrogens (tertiary/aromatic N) is 2. The van der Waals surface area contributed by atoms with Crippen LogP contribution in [0, 0.1) is 0 Å². The number of nitrogens with two attached hydrogens (primary N) is 1. The van der Waals surface area contributed by atoms with Gasteiger partial charge < -0.3 is 11.1 Å². The van der Waals surface area contributed by atoms with Crippen LogP contribution in [0.5, 0.6) is 0 Å². The number of hydrogen-bond donors (Lipinski definition) is 2. The van der Waals surface area contributed by atoms with Crippen molar-refractivity contribution in [2.75, 3.05) is 13.1 Å². The molecule has 0 spiro atoms. The standard InChI is InChI=1S/C10H18N4OS/c1-7(2)8-9(16-14-13-8)10(15)12-6-4-3-5-11/h7H,3-6,11H2,1-2H3,(H,12,15). The SMILES string of the molecule is CC(C)c1nnsc1C(=O)NCCCCN. The van der Waals surface area contributed by atoms with Gasteiger partial charge in [0.2, 0.25) is 0 Å². The van der Waals surface area contributed by atoms with Crippen molar-refractivity contribution in [1.82, 2.24) is 14.9 Å². The zero-order valence-corrected chi connectivity index (χ0v) is 10.5. The third-order valence-corrected chi connectivity index (χ3v) is 2.92. The lowest BCUT2D eigenvalue weighted by atomic mass is 10.1. The Morgan fingerprint density at radius 2 is 2.25 bits per heavy atom. The van der Waals surface area contributed by atoms with Crippen molar-refractivity contribution in [2.24, 2.45) is 5.73 Å². The topological polar surface area (TPSA) is 80.9 Å². The molecule has 90 valence electrons. The first kappa shape index (κ1) is 13.1. The highest BCUT2D eigenvalue weighted by atomic mass is 32.1. The van der Waals surface area contributed by atoms with E-state index in [1.54, 1.807) is 0 Å². The third kappa shape index (κ3) is 3.53. The fourth-order valence-corrected chi connectivity index (χ4v) is 2.02. The fourth-order valence-electron chi connectivity index (χ4n) is 1.28. The van der Waals surface area contributed by atoms with Crippen LogP contribution in [0.3, 0.4) is 0 Å². The molecular formula is C10H18N4OS. The van der Waals surface area contributed by atoms with E-state index in [4.69, 9.17) is 5.73 Å². The lowest BCUT2D eigenvalue weighted by Crippen LogP contribution is -2.25. The minimum Gasteiger partial charge on any atom is -0.351 e. The van der Waals surface area contributed by atoms with Gasteiger partial charge in [0.25, 0.3) is 5.91 Å². The predicted molar refractivity (Wildman–Crippen MR) is 64.6 cm³/mol. The second-order valence-electron chi connectivity index (χ2n) is 3.89. The second-order valence-corrected chi connectivity index (χ2v) is 4.65. The summed E-state index contributed by atoms with van der Waals surface area (Å²) in [6.07, 6.45) is 1.84. The summed E-state index contributed by atoms with van der Waals surface area (Å²) in [4.78, 5) is 12.4. The van der Waals surface area contributed by atoms with Crippen molar-refractivity contribution < 1.29 is 4.79 Å². The summed E-state index contributed by atoms with van der Waals surface area (Å²) in [5.41, 5.74) is 6.15. The molecule has 1 aromatic heterocycles. The molecule has 0 atom stereocenters. The van der Waals surface area contributed by atoms with Crippen molar-refractivity contribution >= 4 is 17.4 Å². The van der Waals surface area contributed by atoms with Crippen LogP contribution >= 0.6 is 11.5 Å². The number of carbonyl (C=O) groups is 1. The van der Waals surface area contributed by atoms with E-state index in [0.29, 0.717) is 18.0 Å². The van der Waals surface area contributed by atoms with Gasteiger partial charge in [0, 0.05) is 6.54 Å². The molecule has 0 aliphatic rings. The summed E-state index contributed by atoms with van der Waals surface area (Å²) in [5.74, 6) is 0.152. The number of unbranched alkanes of at least 4 members (excludes halogenated alkanes) is 1. The van der Waals surface area contributed by atoms with Crippen molar-refractivity contribution in [1.29, 1.82) is 0 Å². The number of hydrogen-bond acceptors (Lipinski definition) is 5. The number of aromatic nitrogens is 2. The third-order valence-electron chi connectivity index (χ3n) is 2.18. The molecule has 1 amide bonds. The predicted octanol–water partition coefficient (Wildman–Crippen LogP) is 1.13. The van der Waals surface area contributed by atoms with Gasteiger partial charge in [-0.05, 0) is 36.8 Å². The van der Waals surface area contributed by atoms with E-state index in [9.17, 15) is 4.79 Å². The van der Waals surface area contributed by atoms with E-state index in [1.807, 2.05) is 13.8 Å². The minimum absolute atomic E-state index is 0.0734. The highest BCUT2D eigenvalue weighted by Gasteiger charge is 2.17. The maximum atomic E-state index is 11.8. The molecule has 5 nitrogen and oxygen atoms in total. The quantitative estimate of drug-likeness (QED) is 0.733. The molecule has 0 bridgehead atoms. The molecule has 0 aromatic carbocycles. The van der Waals surface area contributed by atoms with Gasteiger partial charge in [-0.25, -0.2) is 0 Å². The molecule has 0 saturated heterocycles. The summed E-state index contributed by atoms with van der Waals surface area (Å²) >= 11 is 1.15. The van der Waals surface area contributed by atoms with Crippen molar-refractivity contribution in [3.05, 3.63) is 10.6 Å². The van der Waals surface area contributed by atoms with Crippen LogP contribution in [0.2, 0.25) is 0 Å². The molecule has 16 heavy (non-hydrogen) atoms. The first-order valence-corrected chi connectivity index (χ1v) is 6.24. The van der Waals surface area contributed by atoms with E-state index in [0.717, 1.165) is 30.1 Å². The highest BCUT2D eigenvalue weighted by Crippen LogP contribution is 2.19. The molecular weight excluding hydrogens is 224 g/mol. The normalized spacial score (nSPS) is 10.8. The Bertz CT molecular complexity index is 337. The summed E-state index contributed by atoms with van der Waals surface area (Å²) in [6, 6.07) is 0. The smallest absolute Gasteiger partial charge is 0.264 e. The Morgan fingerprint density at radius 1 is 1.50 bits per heavy atom. The summed E-state index contributed by atoms with van der Waals surface area (Å²) < 4.78 is 3.82. The number of carbonyl (C=O) groups excluding carboxylic acids is 1. The molecule has 0 unspecified atom stereocenters. The van der Waals surface area contributed by atoms with Gasteiger partial charge in [0.05, 0.1) is 5.69 Å². The molecule has 1 aromatic rings. The number of amides is 1. The lowest BCUT2D eigenvalue weighted by molar-refractivity contribution is 0.0955. The van der Waals surface area contributed by atoms with Crippen LogP contribution in [0.15, 0.2) is 0 Å². The molecule has 6 heteroatoms. The van der Waals surface area contributed by atoms with Crippen molar-refractivity contribution in [3.63, 3.8) is 0 Å². The Hall–Kier alpha value is -1.01. The Morgan fingerprint density at radius 3 is 2.88 bits per heavy atom. The number of rotatable bonds is 6. The molecule has 1 heterocycles. The van der Waals surface area contributed by atoms with Crippen LogP contribution in [0.25, 0.3) is 0 Å². The molecule has 0 fully saturated rings. The van der Waals surface area contributed by atoms with Gasteiger partial charge in [-0.2, -0.15) is 0 Å². The number of nitrogens with one attached hydrogen (secondary N) is 1. The van der Waals surface area contributed by atoms with Gasteiger partial charge in [-0.3, -0.25) is 4.79 Å². The average Bonchev–Trinajstić information content (AvgIpc) is 2.73. The van der Waals surface area contributed by atoms with E-state index in [1.165, 1.54) is 0 Å². The van der Waals surface area contributed by atoms with Crippen LogP contribution in [0.4, 0.5) is 0 Å². The first-order chi connectivity index (χ1) is 7.66. The second kappa shape index (κ2) is 6.55. The largest absolute Gasteiger partial charge is 0.351 e. The van der Waals surface area contributed by atoms with E-state index < -0.39 is 0 Å². The van der Waals surface area contributed by atoms with Gasteiger partial charge in [-0.15, -0.1) is 5.10 Å². The highest BCUT2D eigenvalue weighted by molar-refractivity contribution is 7.08. The van der Waals surface area contributed by atoms with Gasteiger partial charge in [0.15, 0.2) is 0 Å². The minimum atomic E-state index is -0.0734. The van der Waals surface area contributed by atoms with E-state index >= 15 is 0 Å². The Kier molecular flexibility index (Phi) is 5.34. The van der Waals surface area contributed by atoms with Gasteiger partial charge >= 0.3 is 0 Å². The molecule has 0 aliphatic heterocycles. The zero-order valence-electron chi connectivity index (χ0n) is 9.69. The van der Waals surface area contributed by atoms with Crippen LogP contribution in [-0.4, -0.2) is 28.6 Å². The first-order valence-electron chi connectivity index (χ1n) is 5.47.